The molecule has 7 nitrogen and oxygen atoms in total. The fourth-order valence-corrected chi connectivity index (χ4v) is 1.63. The fourth-order valence-electron chi connectivity index (χ4n) is 1.63. The lowest BCUT2D eigenvalue weighted by molar-refractivity contribution is 0.903. The van der Waals surface area contributed by atoms with E-state index in [1.807, 2.05) is 4.90 Å². The molecule has 1 aliphatic rings. The van der Waals surface area contributed by atoms with Crippen LogP contribution in [0.15, 0.2) is 5.18 Å². The molecule has 7 heteroatoms. The van der Waals surface area contributed by atoms with Gasteiger partial charge in [0.2, 0.25) is 5.95 Å². The molecular weight excluding hydrogens is 196 g/mol. The predicted molar refractivity (Wildman–Crippen MR) is 57.8 cm³/mol. The van der Waals surface area contributed by atoms with Crippen molar-refractivity contribution < 1.29 is 0 Å². The highest BCUT2D eigenvalue weighted by molar-refractivity contribution is 5.71. The molecule has 0 spiro atoms. The third-order valence-electron chi connectivity index (χ3n) is 2.41. The molecule has 0 aromatic carbocycles. The number of nitrogen functional groups attached to an aromatic ring is 2. The van der Waals surface area contributed by atoms with Crippen molar-refractivity contribution in [3.63, 3.8) is 0 Å². The first kappa shape index (κ1) is 9.63. The van der Waals surface area contributed by atoms with Crippen LogP contribution < -0.4 is 16.4 Å². The molecule has 0 aliphatic carbocycles. The number of nitrogens with zero attached hydrogens (tertiary/aromatic N) is 4. The lowest BCUT2D eigenvalue weighted by Crippen LogP contribution is -2.21. The van der Waals surface area contributed by atoms with E-state index in [0.717, 1.165) is 25.9 Å². The van der Waals surface area contributed by atoms with Crippen molar-refractivity contribution in [2.75, 3.05) is 29.5 Å². The molecule has 0 saturated carbocycles. The van der Waals surface area contributed by atoms with E-state index in [4.69, 9.17) is 11.5 Å². The molecule has 0 bridgehead atoms. The minimum Gasteiger partial charge on any atom is -0.382 e. The first-order valence-corrected chi connectivity index (χ1v) is 4.73. The van der Waals surface area contributed by atoms with Crippen LogP contribution in [0.5, 0.6) is 0 Å². The van der Waals surface area contributed by atoms with Crippen LogP contribution >= 0.6 is 0 Å². The summed E-state index contributed by atoms with van der Waals surface area (Å²) in [5.74, 6) is 0.564. The summed E-state index contributed by atoms with van der Waals surface area (Å²) in [4.78, 5) is 20.4. The standard InChI is InChI=1S/C8H12N6O/c9-6-5(13-15)7(10)12-8(11-6)14-3-1-2-4-14/h1-4H2,(H4,9,10,11,12). The van der Waals surface area contributed by atoms with Gasteiger partial charge in [-0.1, -0.05) is 0 Å². The van der Waals surface area contributed by atoms with Crippen molar-refractivity contribution in [1.29, 1.82) is 0 Å². The number of aromatic nitrogens is 2. The van der Waals surface area contributed by atoms with Gasteiger partial charge < -0.3 is 16.4 Å². The molecule has 1 saturated heterocycles. The third-order valence-corrected chi connectivity index (χ3v) is 2.41. The quantitative estimate of drug-likeness (QED) is 0.690. The highest BCUT2D eigenvalue weighted by Gasteiger charge is 2.18. The van der Waals surface area contributed by atoms with Crippen molar-refractivity contribution in [3.05, 3.63) is 4.91 Å². The summed E-state index contributed by atoms with van der Waals surface area (Å²) in [5, 5.41) is 2.69. The highest BCUT2D eigenvalue weighted by Crippen LogP contribution is 2.28. The van der Waals surface area contributed by atoms with E-state index < -0.39 is 0 Å². The van der Waals surface area contributed by atoms with E-state index in [1.165, 1.54) is 0 Å². The van der Waals surface area contributed by atoms with E-state index in [0.29, 0.717) is 5.95 Å². The predicted octanol–water partition coefficient (Wildman–Crippen LogP) is 0.639. The van der Waals surface area contributed by atoms with Gasteiger partial charge in [0.15, 0.2) is 17.3 Å². The molecule has 80 valence electrons. The number of hydrogen-bond donors (Lipinski definition) is 2. The Morgan fingerprint density at radius 1 is 1.13 bits per heavy atom. The first-order chi connectivity index (χ1) is 7.22. The number of hydrogen-bond acceptors (Lipinski definition) is 7. The molecule has 2 heterocycles. The van der Waals surface area contributed by atoms with Crippen molar-refractivity contribution in [1.82, 2.24) is 9.97 Å². The van der Waals surface area contributed by atoms with E-state index >= 15 is 0 Å². The van der Waals surface area contributed by atoms with Crippen molar-refractivity contribution in [3.8, 4) is 0 Å². The molecule has 0 atom stereocenters. The normalized spacial score (nSPS) is 15.6. The zero-order chi connectivity index (χ0) is 10.8. The van der Waals surface area contributed by atoms with Crippen molar-refractivity contribution >= 4 is 23.3 Å². The second-order valence-electron chi connectivity index (χ2n) is 3.43. The molecule has 2 rings (SSSR count). The minimum absolute atomic E-state index is 0.0411. The Balaban J connectivity index is 2.37. The summed E-state index contributed by atoms with van der Waals surface area (Å²) in [6.45, 7) is 1.79. The van der Waals surface area contributed by atoms with Gasteiger partial charge in [-0.25, -0.2) is 0 Å². The van der Waals surface area contributed by atoms with Gasteiger partial charge in [-0.3, -0.25) is 0 Å². The van der Waals surface area contributed by atoms with Gasteiger partial charge in [0.1, 0.15) is 0 Å². The van der Waals surface area contributed by atoms with Gasteiger partial charge in [-0.2, -0.15) is 9.97 Å². The number of anilines is 3. The van der Waals surface area contributed by atoms with Crippen LogP contribution in [0.4, 0.5) is 23.3 Å². The SMILES string of the molecule is Nc1nc(N2CCCC2)nc(N)c1N=O. The summed E-state index contributed by atoms with van der Waals surface area (Å²) in [5.41, 5.74) is 11.0. The van der Waals surface area contributed by atoms with Gasteiger partial charge in [0, 0.05) is 13.1 Å². The zero-order valence-electron chi connectivity index (χ0n) is 8.18. The zero-order valence-corrected chi connectivity index (χ0v) is 8.18. The van der Waals surface area contributed by atoms with E-state index in [-0.39, 0.29) is 17.3 Å². The Kier molecular flexibility index (Phi) is 2.36. The highest BCUT2D eigenvalue weighted by atomic mass is 16.3. The average Bonchev–Trinajstić information content (AvgIpc) is 2.69. The molecule has 1 aromatic heterocycles. The lowest BCUT2D eigenvalue weighted by Gasteiger charge is -2.15. The molecule has 1 aliphatic heterocycles. The summed E-state index contributed by atoms with van der Waals surface area (Å²) >= 11 is 0. The monoisotopic (exact) mass is 208 g/mol. The lowest BCUT2D eigenvalue weighted by atomic mass is 10.4. The van der Waals surface area contributed by atoms with Crippen LogP contribution in [-0.2, 0) is 0 Å². The molecule has 0 amide bonds. The topological polar surface area (TPSA) is 110 Å². The molecule has 4 N–H and O–H groups in total. The Hall–Kier alpha value is -1.92. The van der Waals surface area contributed by atoms with Gasteiger partial charge in [0.25, 0.3) is 0 Å². The summed E-state index contributed by atoms with van der Waals surface area (Å²) in [6, 6.07) is 0. The Morgan fingerprint density at radius 2 is 1.67 bits per heavy atom. The minimum atomic E-state index is -0.0713. The molecule has 0 unspecified atom stereocenters. The Bertz CT molecular complexity index is 364. The second-order valence-corrected chi connectivity index (χ2v) is 3.43. The van der Waals surface area contributed by atoms with Gasteiger partial charge in [-0.15, -0.1) is 4.91 Å². The number of nitrogens with two attached hydrogens (primary N) is 2. The number of rotatable bonds is 2. The van der Waals surface area contributed by atoms with E-state index in [9.17, 15) is 4.91 Å². The van der Waals surface area contributed by atoms with Gasteiger partial charge >= 0.3 is 0 Å². The van der Waals surface area contributed by atoms with Crippen LogP contribution in [0.2, 0.25) is 0 Å². The van der Waals surface area contributed by atoms with Crippen LogP contribution in [0, 0.1) is 4.91 Å². The summed E-state index contributed by atoms with van der Waals surface area (Å²) in [7, 11) is 0. The number of nitroso groups, excluding NO2 is 1. The van der Waals surface area contributed by atoms with Crippen LogP contribution in [0.1, 0.15) is 12.8 Å². The van der Waals surface area contributed by atoms with Crippen molar-refractivity contribution in [2.45, 2.75) is 12.8 Å². The second kappa shape index (κ2) is 3.68. The van der Waals surface area contributed by atoms with Gasteiger partial charge in [0.05, 0.1) is 0 Å². The third kappa shape index (κ3) is 1.67. The maximum Gasteiger partial charge on any atom is 0.229 e. The maximum atomic E-state index is 10.4. The largest absolute Gasteiger partial charge is 0.382 e. The fraction of sp³-hybridized carbons (Fsp3) is 0.500. The average molecular weight is 208 g/mol. The molecule has 15 heavy (non-hydrogen) atoms. The van der Waals surface area contributed by atoms with Gasteiger partial charge in [-0.05, 0) is 18.0 Å². The molecular formula is C8H12N6O. The van der Waals surface area contributed by atoms with Crippen LogP contribution in [-0.4, -0.2) is 23.1 Å². The van der Waals surface area contributed by atoms with Crippen molar-refractivity contribution in [2.24, 2.45) is 5.18 Å². The smallest absolute Gasteiger partial charge is 0.229 e. The van der Waals surface area contributed by atoms with E-state index in [2.05, 4.69) is 15.1 Å². The van der Waals surface area contributed by atoms with Crippen LogP contribution in [0.3, 0.4) is 0 Å². The first-order valence-electron chi connectivity index (χ1n) is 4.73. The van der Waals surface area contributed by atoms with Crippen LogP contribution in [0.25, 0.3) is 0 Å². The molecule has 1 aromatic rings. The summed E-state index contributed by atoms with van der Waals surface area (Å²) in [6.07, 6.45) is 2.22. The summed E-state index contributed by atoms with van der Waals surface area (Å²) < 4.78 is 0. The van der Waals surface area contributed by atoms with E-state index in [1.54, 1.807) is 0 Å². The molecule has 0 radical (unpaired) electrons. The Labute approximate surface area is 86.5 Å². The Morgan fingerprint density at radius 3 is 2.13 bits per heavy atom. The maximum absolute atomic E-state index is 10.4. The molecule has 1 fully saturated rings.